The molecule has 106 valence electrons. The van der Waals surface area contributed by atoms with Crippen molar-refractivity contribution in [2.24, 2.45) is 0 Å². The van der Waals surface area contributed by atoms with Crippen LogP contribution in [0.15, 0.2) is 6.07 Å². The van der Waals surface area contributed by atoms with Gasteiger partial charge in [0.05, 0.1) is 0 Å². The van der Waals surface area contributed by atoms with Gasteiger partial charge in [0.25, 0.3) is 0 Å². The lowest BCUT2D eigenvalue weighted by Gasteiger charge is -2.35. The molecule has 1 aliphatic rings. The first kappa shape index (κ1) is 14.5. The van der Waals surface area contributed by atoms with Crippen LogP contribution >= 0.6 is 11.6 Å². The van der Waals surface area contributed by atoms with Crippen LogP contribution in [0.5, 0.6) is 0 Å². The predicted octanol–water partition coefficient (Wildman–Crippen LogP) is 3.15. The van der Waals surface area contributed by atoms with E-state index >= 15 is 0 Å². The second kappa shape index (κ2) is 6.06. The Morgan fingerprint density at radius 3 is 2.79 bits per heavy atom. The fourth-order valence-corrected chi connectivity index (χ4v) is 2.59. The summed E-state index contributed by atoms with van der Waals surface area (Å²) in [5, 5.41) is 4.02. The first-order chi connectivity index (χ1) is 8.95. The van der Waals surface area contributed by atoms with Crippen LogP contribution in [0, 0.1) is 0 Å². The van der Waals surface area contributed by atoms with Crippen molar-refractivity contribution in [1.82, 2.24) is 14.9 Å². The smallest absolute Gasteiger partial charge is 0.135 e. The Kier molecular flexibility index (Phi) is 4.63. The van der Waals surface area contributed by atoms with E-state index in [9.17, 15) is 0 Å². The number of nitrogens with zero attached hydrogens (tertiary/aromatic N) is 3. The molecule has 1 aliphatic heterocycles. The van der Waals surface area contributed by atoms with Gasteiger partial charge in [-0.3, -0.25) is 0 Å². The first-order valence-electron chi connectivity index (χ1n) is 6.97. The van der Waals surface area contributed by atoms with E-state index in [1.165, 1.54) is 0 Å². The van der Waals surface area contributed by atoms with Crippen molar-refractivity contribution in [2.45, 2.75) is 51.6 Å². The number of hydrogen-bond acceptors (Lipinski definition) is 4. The zero-order chi connectivity index (χ0) is 14.0. The molecular weight excluding hydrogens is 260 g/mol. The molecule has 0 saturated carbocycles. The van der Waals surface area contributed by atoms with Crippen LogP contribution in [0.3, 0.4) is 0 Å². The molecule has 0 aromatic carbocycles. The zero-order valence-electron chi connectivity index (χ0n) is 12.2. The molecule has 0 bridgehead atoms. The lowest BCUT2D eigenvalue weighted by molar-refractivity contribution is 0.190. The van der Waals surface area contributed by atoms with Crippen LogP contribution in [0.2, 0.25) is 5.15 Å². The van der Waals surface area contributed by atoms with Gasteiger partial charge in [0.2, 0.25) is 0 Å². The Labute approximate surface area is 120 Å². The molecule has 2 unspecified atom stereocenters. The minimum Gasteiger partial charge on any atom is -0.367 e. The van der Waals surface area contributed by atoms with E-state index in [-0.39, 0.29) is 5.92 Å². The Balaban J connectivity index is 2.07. The second-order valence-electron chi connectivity index (χ2n) is 5.78. The number of anilines is 1. The molecular formula is C14H23ClN4. The Hall–Kier alpha value is -0.870. The van der Waals surface area contributed by atoms with Crippen LogP contribution in [0.25, 0.3) is 0 Å². The number of nitrogens with one attached hydrogen (secondary N) is 1. The van der Waals surface area contributed by atoms with Crippen LogP contribution in [0.4, 0.5) is 5.82 Å². The summed E-state index contributed by atoms with van der Waals surface area (Å²) in [5.41, 5.74) is 0. The minimum atomic E-state index is 0.288. The van der Waals surface area contributed by atoms with E-state index in [0.29, 0.717) is 17.2 Å². The summed E-state index contributed by atoms with van der Waals surface area (Å²) in [4.78, 5) is 11.2. The van der Waals surface area contributed by atoms with E-state index in [2.05, 4.69) is 48.0 Å². The molecule has 0 radical (unpaired) electrons. The molecule has 0 aliphatic carbocycles. The number of rotatable bonds is 3. The highest BCUT2D eigenvalue weighted by Gasteiger charge is 2.23. The largest absolute Gasteiger partial charge is 0.367 e. The van der Waals surface area contributed by atoms with Gasteiger partial charge in [-0.25, -0.2) is 9.97 Å². The van der Waals surface area contributed by atoms with Crippen molar-refractivity contribution in [3.63, 3.8) is 0 Å². The van der Waals surface area contributed by atoms with Crippen LogP contribution in [0.1, 0.15) is 45.4 Å². The van der Waals surface area contributed by atoms with E-state index in [1.54, 1.807) is 0 Å². The fraction of sp³-hybridized carbons (Fsp3) is 0.714. The third-order valence-corrected chi connectivity index (χ3v) is 3.98. The van der Waals surface area contributed by atoms with Crippen molar-refractivity contribution < 1.29 is 0 Å². The summed E-state index contributed by atoms with van der Waals surface area (Å²) in [6.07, 6.45) is 2.27. The summed E-state index contributed by atoms with van der Waals surface area (Å²) in [6.45, 7) is 7.54. The third kappa shape index (κ3) is 3.80. The van der Waals surface area contributed by atoms with Crippen molar-refractivity contribution >= 4 is 17.4 Å². The lowest BCUT2D eigenvalue weighted by Crippen LogP contribution is -2.42. The highest BCUT2D eigenvalue weighted by molar-refractivity contribution is 6.29. The molecule has 5 heteroatoms. The molecule has 1 aromatic heterocycles. The number of halogens is 1. The van der Waals surface area contributed by atoms with Crippen molar-refractivity contribution in [3.05, 3.63) is 17.0 Å². The van der Waals surface area contributed by atoms with Gasteiger partial charge in [0, 0.05) is 30.6 Å². The highest BCUT2D eigenvalue weighted by atomic mass is 35.5. The Bertz CT molecular complexity index is 435. The minimum absolute atomic E-state index is 0.288. The average molecular weight is 283 g/mol. The summed E-state index contributed by atoms with van der Waals surface area (Å²) in [5.74, 6) is 1.94. The summed E-state index contributed by atoms with van der Waals surface area (Å²) in [7, 11) is 2.18. The maximum atomic E-state index is 6.06. The van der Waals surface area contributed by atoms with Gasteiger partial charge in [0.15, 0.2) is 0 Å². The molecule has 4 nitrogen and oxygen atoms in total. The third-order valence-electron chi connectivity index (χ3n) is 3.79. The van der Waals surface area contributed by atoms with Gasteiger partial charge in [0.1, 0.15) is 16.8 Å². The monoisotopic (exact) mass is 282 g/mol. The number of piperidine rings is 1. The second-order valence-corrected chi connectivity index (χ2v) is 6.17. The molecule has 1 N–H and O–H groups in total. The molecule has 0 amide bonds. The number of aromatic nitrogens is 2. The molecule has 2 heterocycles. The van der Waals surface area contributed by atoms with E-state index in [0.717, 1.165) is 31.0 Å². The number of hydrogen-bond donors (Lipinski definition) is 1. The first-order valence-corrected chi connectivity index (χ1v) is 7.34. The maximum Gasteiger partial charge on any atom is 0.135 e. The molecule has 1 fully saturated rings. The summed E-state index contributed by atoms with van der Waals surface area (Å²) < 4.78 is 0. The highest BCUT2D eigenvalue weighted by Crippen LogP contribution is 2.22. The van der Waals surface area contributed by atoms with E-state index in [1.807, 2.05) is 6.07 Å². The molecule has 0 spiro atoms. The maximum absolute atomic E-state index is 6.06. The van der Waals surface area contributed by atoms with Crippen LogP contribution < -0.4 is 5.32 Å². The van der Waals surface area contributed by atoms with Gasteiger partial charge in [-0.05, 0) is 26.8 Å². The molecule has 1 saturated heterocycles. The van der Waals surface area contributed by atoms with Gasteiger partial charge in [-0.15, -0.1) is 0 Å². The zero-order valence-corrected chi connectivity index (χ0v) is 12.9. The molecule has 2 atom stereocenters. The van der Waals surface area contributed by atoms with Gasteiger partial charge >= 0.3 is 0 Å². The average Bonchev–Trinajstić information content (AvgIpc) is 2.33. The fourth-order valence-electron chi connectivity index (χ4n) is 2.40. The normalized spacial score (nSPS) is 24.7. The lowest BCUT2D eigenvalue weighted by atomic mass is 9.99. The number of likely N-dealkylation sites (tertiary alicyclic amines) is 1. The predicted molar refractivity (Wildman–Crippen MR) is 79.9 cm³/mol. The Morgan fingerprint density at radius 2 is 2.16 bits per heavy atom. The topological polar surface area (TPSA) is 41.1 Å². The molecule has 19 heavy (non-hydrogen) atoms. The molecule has 1 aromatic rings. The summed E-state index contributed by atoms with van der Waals surface area (Å²) >= 11 is 6.06. The quantitative estimate of drug-likeness (QED) is 0.865. The van der Waals surface area contributed by atoms with Crippen molar-refractivity contribution in [2.75, 3.05) is 18.9 Å². The van der Waals surface area contributed by atoms with Crippen LogP contribution in [-0.4, -0.2) is 40.5 Å². The van der Waals surface area contributed by atoms with Crippen LogP contribution in [-0.2, 0) is 0 Å². The van der Waals surface area contributed by atoms with E-state index < -0.39 is 0 Å². The van der Waals surface area contributed by atoms with E-state index in [4.69, 9.17) is 11.6 Å². The van der Waals surface area contributed by atoms with Gasteiger partial charge in [-0.2, -0.15) is 0 Å². The standard InChI is InChI=1S/C14H23ClN4/c1-9(2)14-17-12(15)8-13(18-14)16-11-5-6-19(4)10(3)7-11/h8-11H,5-7H2,1-4H3,(H,16,17,18). The van der Waals surface area contributed by atoms with Gasteiger partial charge < -0.3 is 10.2 Å². The Morgan fingerprint density at radius 1 is 1.42 bits per heavy atom. The van der Waals surface area contributed by atoms with Gasteiger partial charge in [-0.1, -0.05) is 25.4 Å². The SMILES string of the molecule is CC(C)c1nc(Cl)cc(NC2CCN(C)C(C)C2)n1. The van der Waals surface area contributed by atoms with Crippen molar-refractivity contribution in [1.29, 1.82) is 0 Å². The summed E-state index contributed by atoms with van der Waals surface area (Å²) in [6, 6.07) is 2.89. The molecule has 2 rings (SSSR count). The van der Waals surface area contributed by atoms with Crippen molar-refractivity contribution in [3.8, 4) is 0 Å².